The van der Waals surface area contributed by atoms with E-state index >= 15 is 0 Å². The number of esters is 1. The number of amides is 1. The molecule has 0 aromatic heterocycles. The fourth-order valence-corrected chi connectivity index (χ4v) is 5.88. The molecule has 0 bridgehead atoms. The molecule has 4 aromatic carbocycles. The van der Waals surface area contributed by atoms with Crippen LogP contribution in [0, 0.1) is 10.1 Å². The Morgan fingerprint density at radius 2 is 1.60 bits per heavy atom. The van der Waals surface area contributed by atoms with E-state index in [1.807, 2.05) is 66.4 Å². The van der Waals surface area contributed by atoms with Crippen molar-refractivity contribution in [3.8, 4) is 11.5 Å². The van der Waals surface area contributed by atoms with Gasteiger partial charge in [-0.2, -0.15) is 0 Å². The summed E-state index contributed by atoms with van der Waals surface area (Å²) in [7, 11) is 0. The molecule has 1 aliphatic heterocycles. The fraction of sp³-hybridized carbons (Fsp3) is 0.297. The zero-order valence-electron chi connectivity index (χ0n) is 27.1. The average Bonchev–Trinajstić information content (AvgIpc) is 3.11. The van der Waals surface area contributed by atoms with Crippen LogP contribution in [0.2, 0.25) is 5.02 Å². The van der Waals surface area contributed by atoms with Gasteiger partial charge in [0.2, 0.25) is 5.91 Å². The third-order valence-electron chi connectivity index (χ3n) is 8.31. The molecule has 0 aliphatic carbocycles. The number of benzene rings is 4. The van der Waals surface area contributed by atoms with Gasteiger partial charge in [-0.25, -0.2) is 4.79 Å². The predicted molar refractivity (Wildman–Crippen MR) is 187 cm³/mol. The van der Waals surface area contributed by atoms with Gasteiger partial charge >= 0.3 is 5.97 Å². The largest absolute Gasteiger partial charge is 0.462 e. The highest BCUT2D eigenvalue weighted by molar-refractivity contribution is 6.31. The Labute approximate surface area is 285 Å². The highest BCUT2D eigenvalue weighted by Gasteiger charge is 2.23. The van der Waals surface area contributed by atoms with Gasteiger partial charge in [-0.15, -0.1) is 0 Å². The average molecular weight is 671 g/mol. The van der Waals surface area contributed by atoms with E-state index in [0.717, 1.165) is 28.9 Å². The zero-order chi connectivity index (χ0) is 34.0. The maximum absolute atomic E-state index is 13.4. The summed E-state index contributed by atoms with van der Waals surface area (Å²) in [5.74, 6) is 1.04. The third-order valence-corrected chi connectivity index (χ3v) is 8.68. The maximum Gasteiger partial charge on any atom is 0.338 e. The standard InChI is InChI=1S/C37H39ClN4O6/c1-3-28-24-34(16-17-35(28)38)48-33-7-5-6-32(25-33)41(26-27-8-12-31(13-9-27)42(45)46)19-18-36(43)40-22-20-39(21-23-40)30-14-10-29(11-15-30)37(44)47-4-2/h5-17,24-25H,3-4,18-23,26H2,1-2H3. The first-order valence-corrected chi connectivity index (χ1v) is 16.5. The summed E-state index contributed by atoms with van der Waals surface area (Å²) in [6.07, 6.45) is 1.08. The van der Waals surface area contributed by atoms with Gasteiger partial charge in [0.25, 0.3) is 5.69 Å². The molecule has 0 unspecified atom stereocenters. The molecule has 1 amide bonds. The van der Waals surface area contributed by atoms with Crippen LogP contribution in [0.15, 0.2) is 91.0 Å². The van der Waals surface area contributed by atoms with Crippen molar-refractivity contribution < 1.29 is 24.0 Å². The monoisotopic (exact) mass is 670 g/mol. The van der Waals surface area contributed by atoms with Crippen molar-refractivity contribution in [3.63, 3.8) is 0 Å². The number of nitro groups is 1. The van der Waals surface area contributed by atoms with Gasteiger partial charge in [0.05, 0.1) is 17.1 Å². The van der Waals surface area contributed by atoms with Crippen molar-refractivity contribution in [1.82, 2.24) is 4.90 Å². The minimum atomic E-state index is -0.417. The number of non-ortho nitro benzene ring substituents is 1. The molecular weight excluding hydrogens is 632 g/mol. The summed E-state index contributed by atoms with van der Waals surface area (Å²) in [5.41, 5.74) is 4.28. The number of halogens is 1. The number of nitrogens with zero attached hydrogens (tertiary/aromatic N) is 4. The van der Waals surface area contributed by atoms with Crippen LogP contribution >= 0.6 is 11.6 Å². The molecule has 250 valence electrons. The van der Waals surface area contributed by atoms with Crippen LogP contribution in [-0.2, 0) is 22.5 Å². The third kappa shape index (κ3) is 8.83. The first-order valence-electron chi connectivity index (χ1n) is 16.1. The minimum Gasteiger partial charge on any atom is -0.462 e. The highest BCUT2D eigenvalue weighted by atomic mass is 35.5. The van der Waals surface area contributed by atoms with Crippen molar-refractivity contribution in [2.24, 2.45) is 0 Å². The number of carbonyl (C=O) groups is 2. The first-order chi connectivity index (χ1) is 23.2. The van der Waals surface area contributed by atoms with Crippen molar-refractivity contribution in [2.75, 3.05) is 49.1 Å². The fourth-order valence-electron chi connectivity index (χ4n) is 5.63. The maximum atomic E-state index is 13.4. The summed E-state index contributed by atoms with van der Waals surface area (Å²) in [6, 6.07) is 27.1. The quantitative estimate of drug-likeness (QED) is 0.0817. The van der Waals surface area contributed by atoms with E-state index in [0.29, 0.717) is 74.4 Å². The number of ether oxygens (including phenoxy) is 2. The van der Waals surface area contributed by atoms with Gasteiger partial charge in [-0.05, 0) is 79.1 Å². The van der Waals surface area contributed by atoms with Crippen molar-refractivity contribution in [2.45, 2.75) is 33.2 Å². The molecule has 48 heavy (non-hydrogen) atoms. The van der Waals surface area contributed by atoms with E-state index in [2.05, 4.69) is 9.80 Å². The lowest BCUT2D eigenvalue weighted by atomic mass is 10.1. The van der Waals surface area contributed by atoms with E-state index in [-0.39, 0.29) is 17.6 Å². The SMILES string of the molecule is CCOC(=O)c1ccc(N2CCN(C(=O)CCN(Cc3ccc([N+](=O)[O-])cc3)c3cccc(Oc4ccc(Cl)c(CC)c4)c3)CC2)cc1. The van der Waals surface area contributed by atoms with E-state index in [1.165, 1.54) is 12.1 Å². The molecule has 0 spiro atoms. The topological polar surface area (TPSA) is 105 Å². The number of nitro benzene ring substituents is 1. The molecule has 0 N–H and O–H groups in total. The molecule has 4 aromatic rings. The highest BCUT2D eigenvalue weighted by Crippen LogP contribution is 2.30. The lowest BCUT2D eigenvalue weighted by Gasteiger charge is -2.36. The molecule has 1 saturated heterocycles. The molecule has 11 heteroatoms. The number of carbonyl (C=O) groups excluding carboxylic acids is 2. The predicted octanol–water partition coefficient (Wildman–Crippen LogP) is 7.53. The van der Waals surface area contributed by atoms with Crippen molar-refractivity contribution >= 4 is 40.5 Å². The summed E-state index contributed by atoms with van der Waals surface area (Å²) < 4.78 is 11.3. The van der Waals surface area contributed by atoms with Gasteiger partial charge in [-0.3, -0.25) is 14.9 Å². The van der Waals surface area contributed by atoms with Gasteiger partial charge in [0.1, 0.15) is 11.5 Å². The summed E-state index contributed by atoms with van der Waals surface area (Å²) >= 11 is 6.30. The lowest BCUT2D eigenvalue weighted by Crippen LogP contribution is -2.49. The number of hydrogen-bond donors (Lipinski definition) is 0. The second kappa shape index (κ2) is 16.1. The summed E-state index contributed by atoms with van der Waals surface area (Å²) in [6.45, 7) is 7.58. The van der Waals surface area contributed by atoms with Gasteiger partial charge in [0, 0.05) is 80.3 Å². The minimum absolute atomic E-state index is 0.0272. The summed E-state index contributed by atoms with van der Waals surface area (Å²) in [4.78, 5) is 42.4. The van der Waals surface area contributed by atoms with Gasteiger partial charge in [-0.1, -0.05) is 36.7 Å². The molecule has 1 aliphatic rings. The Hall–Kier alpha value is -5.09. The molecule has 1 fully saturated rings. The lowest BCUT2D eigenvalue weighted by molar-refractivity contribution is -0.384. The normalized spacial score (nSPS) is 12.8. The van der Waals surface area contributed by atoms with Gasteiger partial charge < -0.3 is 24.2 Å². The van der Waals surface area contributed by atoms with Gasteiger partial charge in [0.15, 0.2) is 0 Å². The van der Waals surface area contributed by atoms with E-state index in [9.17, 15) is 19.7 Å². The van der Waals surface area contributed by atoms with E-state index < -0.39 is 4.92 Å². The molecular formula is C37H39ClN4O6. The number of aryl methyl sites for hydroxylation is 1. The Morgan fingerprint density at radius 3 is 2.27 bits per heavy atom. The van der Waals surface area contributed by atoms with Crippen LogP contribution in [0.1, 0.15) is 41.8 Å². The van der Waals surface area contributed by atoms with Crippen LogP contribution in [0.3, 0.4) is 0 Å². The number of hydrogen-bond acceptors (Lipinski definition) is 8. The number of rotatable bonds is 13. The Balaban J connectivity index is 1.25. The molecule has 10 nitrogen and oxygen atoms in total. The number of piperazine rings is 1. The summed E-state index contributed by atoms with van der Waals surface area (Å²) in [5, 5.41) is 11.9. The Bertz CT molecular complexity index is 1720. The van der Waals surface area contributed by atoms with Crippen molar-refractivity contribution in [3.05, 3.63) is 123 Å². The second-order valence-corrected chi connectivity index (χ2v) is 11.8. The van der Waals surface area contributed by atoms with Crippen LogP contribution < -0.4 is 14.5 Å². The zero-order valence-corrected chi connectivity index (χ0v) is 27.9. The second-order valence-electron chi connectivity index (χ2n) is 11.4. The van der Waals surface area contributed by atoms with Crippen LogP contribution in [-0.4, -0.2) is 61.0 Å². The Kier molecular flexibility index (Phi) is 11.5. The molecule has 1 heterocycles. The molecule has 0 atom stereocenters. The molecule has 0 radical (unpaired) electrons. The van der Waals surface area contributed by atoms with Crippen LogP contribution in [0.5, 0.6) is 11.5 Å². The van der Waals surface area contributed by atoms with E-state index in [4.69, 9.17) is 21.1 Å². The molecule has 5 rings (SSSR count). The molecule has 0 saturated carbocycles. The van der Waals surface area contributed by atoms with E-state index in [1.54, 1.807) is 31.2 Å². The first kappa shape index (κ1) is 34.3. The number of anilines is 2. The smallest absolute Gasteiger partial charge is 0.338 e. The van der Waals surface area contributed by atoms with Crippen molar-refractivity contribution in [1.29, 1.82) is 0 Å². The Morgan fingerprint density at radius 1 is 0.896 bits per heavy atom. The van der Waals surface area contributed by atoms with Crippen LogP contribution in [0.4, 0.5) is 17.1 Å². The van der Waals surface area contributed by atoms with Crippen LogP contribution in [0.25, 0.3) is 0 Å².